The summed E-state index contributed by atoms with van der Waals surface area (Å²) in [6.45, 7) is 12.2. The van der Waals surface area contributed by atoms with Gasteiger partial charge in [-0.25, -0.2) is 0 Å². The molecule has 102 valence electrons. The zero-order valence-electron chi connectivity index (χ0n) is 12.7. The zero-order chi connectivity index (χ0) is 14.4. The topological polar surface area (TPSA) is 30.2 Å². The average Bonchev–Trinajstić information content (AvgIpc) is 2.64. The van der Waals surface area contributed by atoms with E-state index in [2.05, 4.69) is 39.8 Å². The van der Waals surface area contributed by atoms with Gasteiger partial charge in [-0.1, -0.05) is 33.8 Å². The van der Waals surface area contributed by atoms with Crippen molar-refractivity contribution in [1.29, 1.82) is 0 Å². The molecule has 1 aromatic heterocycles. The summed E-state index contributed by atoms with van der Waals surface area (Å²) in [6.07, 6.45) is 0.985. The Hall–Kier alpha value is -1.57. The van der Waals surface area contributed by atoms with Crippen LogP contribution in [0.2, 0.25) is 0 Å². The number of aryl methyl sites for hydroxylation is 2. The van der Waals surface area contributed by atoms with Crippen LogP contribution < -0.4 is 0 Å². The second-order valence-electron chi connectivity index (χ2n) is 6.24. The Morgan fingerprint density at radius 1 is 1.26 bits per heavy atom. The first-order valence-corrected chi connectivity index (χ1v) is 6.83. The van der Waals surface area contributed by atoms with Crippen molar-refractivity contribution in [3.63, 3.8) is 0 Å². The molecule has 0 bridgehead atoms. The standard InChI is InChI=1S/C17H22O2/c1-7-12-8-13-10(2)15(11(3)18)19-16(13)14(9-12)17(4,5)6/h8-9H,7H2,1-6H3. The van der Waals surface area contributed by atoms with E-state index in [9.17, 15) is 4.79 Å². The number of hydrogen-bond donors (Lipinski definition) is 0. The molecule has 1 aromatic carbocycles. The quantitative estimate of drug-likeness (QED) is 0.724. The van der Waals surface area contributed by atoms with Crippen molar-refractivity contribution >= 4 is 16.8 Å². The van der Waals surface area contributed by atoms with Crippen LogP contribution in [0.1, 0.15) is 61.9 Å². The molecule has 2 rings (SSSR count). The lowest BCUT2D eigenvalue weighted by molar-refractivity contribution is 0.0988. The summed E-state index contributed by atoms with van der Waals surface area (Å²) < 4.78 is 5.87. The smallest absolute Gasteiger partial charge is 0.195 e. The fourth-order valence-corrected chi connectivity index (χ4v) is 2.48. The molecule has 0 aliphatic rings. The van der Waals surface area contributed by atoms with Gasteiger partial charge in [-0.15, -0.1) is 0 Å². The number of carbonyl (C=O) groups excluding carboxylic acids is 1. The molecule has 19 heavy (non-hydrogen) atoms. The largest absolute Gasteiger partial charge is 0.452 e. The maximum absolute atomic E-state index is 11.7. The van der Waals surface area contributed by atoms with Gasteiger partial charge in [-0.3, -0.25) is 4.79 Å². The van der Waals surface area contributed by atoms with Gasteiger partial charge < -0.3 is 4.42 Å². The van der Waals surface area contributed by atoms with Crippen molar-refractivity contribution in [2.45, 2.75) is 53.4 Å². The Labute approximate surface area is 114 Å². The summed E-state index contributed by atoms with van der Waals surface area (Å²) in [5.74, 6) is 0.486. The van der Waals surface area contributed by atoms with Crippen LogP contribution in [0.4, 0.5) is 0 Å². The Kier molecular flexibility index (Phi) is 3.29. The molecule has 0 unspecified atom stereocenters. The van der Waals surface area contributed by atoms with Crippen LogP contribution in [-0.2, 0) is 11.8 Å². The molecular formula is C17H22O2. The maximum Gasteiger partial charge on any atom is 0.195 e. The van der Waals surface area contributed by atoms with E-state index in [1.807, 2.05) is 6.92 Å². The van der Waals surface area contributed by atoms with Crippen LogP contribution in [0.5, 0.6) is 0 Å². The maximum atomic E-state index is 11.7. The number of rotatable bonds is 2. The SMILES string of the molecule is CCc1cc(C(C)(C)C)c2oc(C(C)=O)c(C)c2c1. The first-order chi connectivity index (χ1) is 8.75. The normalized spacial score (nSPS) is 12.1. The van der Waals surface area contributed by atoms with Gasteiger partial charge in [-0.2, -0.15) is 0 Å². The van der Waals surface area contributed by atoms with E-state index in [4.69, 9.17) is 4.42 Å². The molecule has 0 aliphatic heterocycles. The minimum atomic E-state index is -0.00777. The molecule has 0 radical (unpaired) electrons. The minimum Gasteiger partial charge on any atom is -0.452 e. The lowest BCUT2D eigenvalue weighted by atomic mass is 9.84. The van der Waals surface area contributed by atoms with Gasteiger partial charge in [-0.05, 0) is 30.4 Å². The Balaban J connectivity index is 2.88. The molecule has 0 N–H and O–H groups in total. The van der Waals surface area contributed by atoms with Crippen molar-refractivity contribution in [1.82, 2.24) is 0 Å². The fourth-order valence-electron chi connectivity index (χ4n) is 2.48. The molecule has 0 fully saturated rings. The van der Waals surface area contributed by atoms with E-state index in [-0.39, 0.29) is 11.2 Å². The second-order valence-corrected chi connectivity index (χ2v) is 6.24. The first kappa shape index (κ1) is 13.9. The van der Waals surface area contributed by atoms with E-state index in [1.165, 1.54) is 11.1 Å². The van der Waals surface area contributed by atoms with Gasteiger partial charge in [0.2, 0.25) is 0 Å². The average molecular weight is 258 g/mol. The third kappa shape index (κ3) is 2.32. The number of benzene rings is 1. The highest BCUT2D eigenvalue weighted by Gasteiger charge is 2.23. The highest BCUT2D eigenvalue weighted by molar-refractivity contribution is 5.99. The molecule has 0 atom stereocenters. The third-order valence-electron chi connectivity index (χ3n) is 3.63. The van der Waals surface area contributed by atoms with Crippen LogP contribution in [0.3, 0.4) is 0 Å². The van der Waals surface area contributed by atoms with E-state index >= 15 is 0 Å². The van der Waals surface area contributed by atoms with Crippen molar-refractivity contribution in [2.24, 2.45) is 0 Å². The van der Waals surface area contributed by atoms with Crippen LogP contribution >= 0.6 is 0 Å². The molecule has 1 heterocycles. The van der Waals surface area contributed by atoms with Crippen molar-refractivity contribution in [3.8, 4) is 0 Å². The molecular weight excluding hydrogens is 236 g/mol. The summed E-state index contributed by atoms with van der Waals surface area (Å²) in [5.41, 5.74) is 4.30. The monoisotopic (exact) mass is 258 g/mol. The fraction of sp³-hybridized carbons (Fsp3) is 0.471. The zero-order valence-corrected chi connectivity index (χ0v) is 12.7. The molecule has 0 aliphatic carbocycles. The summed E-state index contributed by atoms with van der Waals surface area (Å²) in [7, 11) is 0. The molecule has 2 heteroatoms. The minimum absolute atomic E-state index is 0.00177. The summed E-state index contributed by atoms with van der Waals surface area (Å²) in [4.78, 5) is 11.7. The summed E-state index contributed by atoms with van der Waals surface area (Å²) in [6, 6.07) is 4.35. The van der Waals surface area contributed by atoms with Crippen molar-refractivity contribution < 1.29 is 9.21 Å². The Morgan fingerprint density at radius 3 is 2.37 bits per heavy atom. The predicted molar refractivity (Wildman–Crippen MR) is 79.0 cm³/mol. The van der Waals surface area contributed by atoms with Gasteiger partial charge in [0.1, 0.15) is 5.58 Å². The van der Waals surface area contributed by atoms with Crippen molar-refractivity contribution in [2.75, 3.05) is 0 Å². The molecule has 0 saturated carbocycles. The molecule has 0 saturated heterocycles. The number of carbonyl (C=O) groups is 1. The number of hydrogen-bond acceptors (Lipinski definition) is 2. The molecule has 0 amide bonds. The first-order valence-electron chi connectivity index (χ1n) is 6.83. The van der Waals surface area contributed by atoms with E-state index in [0.29, 0.717) is 5.76 Å². The Morgan fingerprint density at radius 2 is 1.89 bits per heavy atom. The number of Topliss-reactive ketones (excluding diaryl/α,β-unsaturated/α-hetero) is 1. The van der Waals surface area contributed by atoms with E-state index in [1.54, 1.807) is 6.92 Å². The van der Waals surface area contributed by atoms with Crippen LogP contribution in [0.25, 0.3) is 11.0 Å². The van der Waals surface area contributed by atoms with Crippen LogP contribution in [-0.4, -0.2) is 5.78 Å². The van der Waals surface area contributed by atoms with Gasteiger partial charge in [0.05, 0.1) is 0 Å². The van der Waals surface area contributed by atoms with Gasteiger partial charge in [0, 0.05) is 23.4 Å². The Bertz CT molecular complexity index is 639. The van der Waals surface area contributed by atoms with E-state index < -0.39 is 0 Å². The highest BCUT2D eigenvalue weighted by Crippen LogP contribution is 2.36. The van der Waals surface area contributed by atoms with Gasteiger partial charge in [0.25, 0.3) is 0 Å². The summed E-state index contributed by atoms with van der Waals surface area (Å²) >= 11 is 0. The van der Waals surface area contributed by atoms with Crippen LogP contribution in [0.15, 0.2) is 16.5 Å². The molecule has 2 aromatic rings. The van der Waals surface area contributed by atoms with E-state index in [0.717, 1.165) is 23.0 Å². The predicted octanol–water partition coefficient (Wildman–Crippen LogP) is 4.80. The van der Waals surface area contributed by atoms with Crippen molar-refractivity contribution in [3.05, 3.63) is 34.6 Å². The van der Waals surface area contributed by atoms with Gasteiger partial charge >= 0.3 is 0 Å². The molecule has 2 nitrogen and oxygen atoms in total. The second kappa shape index (κ2) is 4.52. The number of furan rings is 1. The summed E-state index contributed by atoms with van der Waals surface area (Å²) in [5, 5.41) is 1.08. The van der Waals surface area contributed by atoms with Gasteiger partial charge in [0.15, 0.2) is 11.5 Å². The lowest BCUT2D eigenvalue weighted by Crippen LogP contribution is -2.11. The molecule has 0 spiro atoms. The number of ketones is 1. The van der Waals surface area contributed by atoms with Crippen LogP contribution in [0, 0.1) is 6.92 Å². The lowest BCUT2D eigenvalue weighted by Gasteiger charge is -2.20. The highest BCUT2D eigenvalue weighted by atomic mass is 16.3. The third-order valence-corrected chi connectivity index (χ3v) is 3.63. The number of fused-ring (bicyclic) bond motifs is 1.